The molecule has 0 aliphatic carbocycles. The molecule has 30 heavy (non-hydrogen) atoms. The summed E-state index contributed by atoms with van der Waals surface area (Å²) in [5.74, 6) is 0.626. The Hall–Kier alpha value is -2.58. The van der Waals surface area contributed by atoms with Crippen LogP contribution in [0.3, 0.4) is 0 Å². The van der Waals surface area contributed by atoms with Crippen molar-refractivity contribution in [3.63, 3.8) is 0 Å². The molecule has 0 unspecified atom stereocenters. The largest absolute Gasteiger partial charge is 0.497 e. The van der Waals surface area contributed by atoms with Gasteiger partial charge in [-0.3, -0.25) is 4.79 Å². The van der Waals surface area contributed by atoms with Crippen LogP contribution in [-0.4, -0.2) is 70.4 Å². The highest BCUT2D eigenvalue weighted by atomic mass is 32.2. The zero-order valence-corrected chi connectivity index (χ0v) is 18.8. The SMILES string of the molecule is COc1ccc(N2CCN(C(=O)CN(C)S(=O)(=O)c3cc(C)ccc3C)CC2)cc1. The number of likely N-dealkylation sites (N-methyl/N-ethyl adjacent to an activating group) is 1. The average molecular weight is 432 g/mol. The first-order valence-electron chi connectivity index (χ1n) is 9.93. The quantitative estimate of drug-likeness (QED) is 0.702. The van der Waals surface area contributed by atoms with E-state index in [0.717, 1.165) is 21.3 Å². The first-order valence-corrected chi connectivity index (χ1v) is 11.4. The lowest BCUT2D eigenvalue weighted by atomic mass is 10.2. The van der Waals surface area contributed by atoms with Crippen molar-refractivity contribution >= 4 is 21.6 Å². The Morgan fingerprint density at radius 1 is 1.03 bits per heavy atom. The molecule has 1 saturated heterocycles. The molecule has 3 rings (SSSR count). The predicted molar refractivity (Wildman–Crippen MR) is 118 cm³/mol. The lowest BCUT2D eigenvalue weighted by Crippen LogP contribution is -2.51. The summed E-state index contributed by atoms with van der Waals surface area (Å²) in [5, 5.41) is 0. The Bertz CT molecular complexity index is 998. The van der Waals surface area contributed by atoms with Crippen LogP contribution in [0.2, 0.25) is 0 Å². The first-order chi connectivity index (χ1) is 14.2. The fraction of sp³-hybridized carbons (Fsp3) is 0.409. The highest BCUT2D eigenvalue weighted by Gasteiger charge is 2.28. The highest BCUT2D eigenvalue weighted by Crippen LogP contribution is 2.22. The fourth-order valence-corrected chi connectivity index (χ4v) is 4.96. The topological polar surface area (TPSA) is 70.2 Å². The standard InChI is InChI=1S/C22H29N3O4S/c1-17-5-6-18(2)21(15-17)30(27,28)23(3)16-22(26)25-13-11-24(12-14-25)19-7-9-20(29-4)10-8-19/h5-10,15H,11-14,16H2,1-4H3. The molecule has 1 aliphatic rings. The summed E-state index contributed by atoms with van der Waals surface area (Å²) < 4.78 is 32.2. The minimum atomic E-state index is -3.72. The van der Waals surface area contributed by atoms with Crippen LogP contribution in [0.25, 0.3) is 0 Å². The molecule has 0 saturated carbocycles. The van der Waals surface area contributed by atoms with Crippen LogP contribution in [0.1, 0.15) is 11.1 Å². The number of amides is 1. The number of rotatable bonds is 6. The normalized spacial score (nSPS) is 14.8. The van der Waals surface area contributed by atoms with Gasteiger partial charge in [0.05, 0.1) is 18.6 Å². The van der Waals surface area contributed by atoms with Gasteiger partial charge in [0.2, 0.25) is 15.9 Å². The summed E-state index contributed by atoms with van der Waals surface area (Å²) in [6.07, 6.45) is 0. The number of anilines is 1. The van der Waals surface area contributed by atoms with E-state index in [1.807, 2.05) is 37.3 Å². The van der Waals surface area contributed by atoms with Crippen molar-refractivity contribution in [3.8, 4) is 5.75 Å². The minimum Gasteiger partial charge on any atom is -0.497 e. The van der Waals surface area contributed by atoms with Crippen molar-refractivity contribution in [2.45, 2.75) is 18.7 Å². The summed E-state index contributed by atoms with van der Waals surface area (Å²) >= 11 is 0. The van der Waals surface area contributed by atoms with Gasteiger partial charge in [-0.15, -0.1) is 0 Å². The third-order valence-electron chi connectivity index (χ3n) is 5.46. The first kappa shape index (κ1) is 22.1. The number of sulfonamides is 1. The van der Waals surface area contributed by atoms with Crippen LogP contribution in [0.4, 0.5) is 5.69 Å². The predicted octanol–water partition coefficient (Wildman–Crippen LogP) is 2.28. The van der Waals surface area contributed by atoms with Gasteiger partial charge in [-0.05, 0) is 55.3 Å². The zero-order valence-electron chi connectivity index (χ0n) is 18.0. The summed E-state index contributed by atoms with van der Waals surface area (Å²) in [5.41, 5.74) is 2.62. The number of nitrogens with zero attached hydrogens (tertiary/aromatic N) is 3. The molecule has 0 spiro atoms. The third kappa shape index (κ3) is 4.76. The maximum Gasteiger partial charge on any atom is 0.243 e. The Morgan fingerprint density at radius 3 is 2.27 bits per heavy atom. The van der Waals surface area contributed by atoms with Gasteiger partial charge in [0.15, 0.2) is 0 Å². The Labute approximate surface area is 178 Å². The molecule has 1 amide bonds. The van der Waals surface area contributed by atoms with E-state index in [1.165, 1.54) is 7.05 Å². The number of methoxy groups -OCH3 is 1. The fourth-order valence-electron chi connectivity index (χ4n) is 3.54. The molecule has 0 atom stereocenters. The molecule has 0 aromatic heterocycles. The summed E-state index contributed by atoms with van der Waals surface area (Å²) in [6, 6.07) is 13.2. The molecule has 162 valence electrons. The summed E-state index contributed by atoms with van der Waals surface area (Å²) in [6.45, 7) is 5.96. The number of benzene rings is 2. The Kier molecular flexibility index (Phi) is 6.67. The molecule has 0 radical (unpaired) electrons. The third-order valence-corrected chi connectivity index (χ3v) is 7.41. The number of carbonyl (C=O) groups excluding carboxylic acids is 1. The molecule has 1 aliphatic heterocycles. The van der Waals surface area contributed by atoms with Crippen LogP contribution in [-0.2, 0) is 14.8 Å². The van der Waals surface area contributed by atoms with E-state index < -0.39 is 10.0 Å². The van der Waals surface area contributed by atoms with Crippen LogP contribution >= 0.6 is 0 Å². The van der Waals surface area contributed by atoms with Gasteiger partial charge < -0.3 is 14.5 Å². The minimum absolute atomic E-state index is 0.168. The monoisotopic (exact) mass is 431 g/mol. The molecule has 2 aromatic rings. The number of hydrogen-bond donors (Lipinski definition) is 0. The zero-order chi connectivity index (χ0) is 21.9. The van der Waals surface area contributed by atoms with Crippen LogP contribution < -0.4 is 9.64 Å². The van der Waals surface area contributed by atoms with Crippen molar-refractivity contribution in [2.75, 3.05) is 51.8 Å². The lowest BCUT2D eigenvalue weighted by Gasteiger charge is -2.36. The van der Waals surface area contributed by atoms with E-state index >= 15 is 0 Å². The van der Waals surface area contributed by atoms with E-state index in [0.29, 0.717) is 31.7 Å². The van der Waals surface area contributed by atoms with Gasteiger partial charge in [0.1, 0.15) is 5.75 Å². The van der Waals surface area contributed by atoms with Gasteiger partial charge in [-0.2, -0.15) is 4.31 Å². The second-order valence-corrected chi connectivity index (χ2v) is 9.61. The van der Waals surface area contributed by atoms with E-state index in [4.69, 9.17) is 4.74 Å². The molecule has 7 nitrogen and oxygen atoms in total. The Morgan fingerprint density at radius 2 is 1.67 bits per heavy atom. The lowest BCUT2D eigenvalue weighted by molar-refractivity contribution is -0.131. The second kappa shape index (κ2) is 9.06. The van der Waals surface area contributed by atoms with Gasteiger partial charge in [0, 0.05) is 38.9 Å². The summed E-state index contributed by atoms with van der Waals surface area (Å²) in [4.78, 5) is 16.9. The van der Waals surface area contributed by atoms with Crippen LogP contribution in [0.15, 0.2) is 47.4 Å². The van der Waals surface area contributed by atoms with Crippen LogP contribution in [0, 0.1) is 13.8 Å². The maximum atomic E-state index is 12.9. The molecular weight excluding hydrogens is 402 g/mol. The second-order valence-electron chi connectivity index (χ2n) is 7.60. The number of hydrogen-bond acceptors (Lipinski definition) is 5. The molecular formula is C22H29N3O4S. The van der Waals surface area contributed by atoms with Gasteiger partial charge >= 0.3 is 0 Å². The van der Waals surface area contributed by atoms with E-state index in [-0.39, 0.29) is 17.3 Å². The summed E-state index contributed by atoms with van der Waals surface area (Å²) in [7, 11) is -0.626. The van der Waals surface area contributed by atoms with Crippen molar-refractivity contribution in [2.24, 2.45) is 0 Å². The average Bonchev–Trinajstić information content (AvgIpc) is 2.75. The van der Waals surface area contributed by atoms with E-state index in [9.17, 15) is 13.2 Å². The number of ether oxygens (including phenoxy) is 1. The Balaban J connectivity index is 1.60. The van der Waals surface area contributed by atoms with Crippen molar-refractivity contribution in [1.82, 2.24) is 9.21 Å². The molecule has 2 aromatic carbocycles. The van der Waals surface area contributed by atoms with Crippen LogP contribution in [0.5, 0.6) is 5.75 Å². The number of aryl methyl sites for hydroxylation is 2. The molecule has 1 fully saturated rings. The van der Waals surface area contributed by atoms with Crippen molar-refractivity contribution < 1.29 is 17.9 Å². The van der Waals surface area contributed by atoms with Crippen molar-refractivity contribution in [1.29, 1.82) is 0 Å². The molecule has 8 heteroatoms. The van der Waals surface area contributed by atoms with Gasteiger partial charge in [-0.1, -0.05) is 12.1 Å². The molecule has 0 N–H and O–H groups in total. The number of carbonyl (C=O) groups is 1. The van der Waals surface area contributed by atoms with E-state index in [2.05, 4.69) is 4.90 Å². The molecule has 1 heterocycles. The van der Waals surface area contributed by atoms with Gasteiger partial charge in [-0.25, -0.2) is 8.42 Å². The smallest absolute Gasteiger partial charge is 0.243 e. The van der Waals surface area contributed by atoms with E-state index in [1.54, 1.807) is 31.1 Å². The van der Waals surface area contributed by atoms with Crippen molar-refractivity contribution in [3.05, 3.63) is 53.6 Å². The maximum absolute atomic E-state index is 12.9. The number of piperazine rings is 1. The highest BCUT2D eigenvalue weighted by molar-refractivity contribution is 7.89. The molecule has 0 bridgehead atoms. The van der Waals surface area contributed by atoms with Gasteiger partial charge in [0.25, 0.3) is 0 Å².